The van der Waals surface area contributed by atoms with Crippen LogP contribution in [0.5, 0.6) is 11.8 Å². The normalized spacial score (nSPS) is 10.5. The number of hydrogen-bond donors (Lipinski definition) is 0. The van der Waals surface area contributed by atoms with Crippen LogP contribution in [-0.2, 0) is 6.42 Å². The fourth-order valence-electron chi connectivity index (χ4n) is 3.01. The number of fused-ring (bicyclic) bond motifs is 1. The maximum absolute atomic E-state index is 14.3. The molecule has 0 N–H and O–H groups in total. The average molecular weight is 426 g/mol. The van der Waals surface area contributed by atoms with Crippen LogP contribution in [0, 0.1) is 19.7 Å². The van der Waals surface area contributed by atoms with Crippen molar-refractivity contribution >= 4 is 11.0 Å². The van der Waals surface area contributed by atoms with Gasteiger partial charge in [0.25, 0.3) is 0 Å². The Morgan fingerprint density at radius 1 is 1.06 bits per heavy atom. The number of hydrogen-bond acceptors (Lipinski definition) is 6. The lowest BCUT2D eigenvalue weighted by Gasteiger charge is -2.10. The topological polar surface area (TPSA) is 78.1 Å². The van der Waals surface area contributed by atoms with Gasteiger partial charge in [0.15, 0.2) is 0 Å². The van der Waals surface area contributed by atoms with E-state index in [0.717, 1.165) is 10.9 Å². The van der Waals surface area contributed by atoms with Gasteiger partial charge in [-0.25, -0.2) is 19.2 Å². The summed E-state index contributed by atoms with van der Waals surface area (Å²) in [5, 5.41) is 0.752. The molecule has 0 saturated heterocycles. The Morgan fingerprint density at radius 3 is 2.48 bits per heavy atom. The second-order valence-corrected chi connectivity index (χ2v) is 7.04. The third-order valence-electron chi connectivity index (χ3n) is 4.52. The number of nitrogens with zero attached hydrogens (tertiary/aromatic N) is 3. The van der Waals surface area contributed by atoms with Crippen LogP contribution in [-0.4, -0.2) is 15.0 Å². The zero-order valence-corrected chi connectivity index (χ0v) is 18.0. The highest BCUT2D eigenvalue weighted by molar-refractivity contribution is 5.82. The van der Waals surface area contributed by atoms with Crippen molar-refractivity contribution in [1.82, 2.24) is 15.0 Å². The first-order valence-corrected chi connectivity index (χ1v) is 10.1. The Kier molecular flexibility index (Phi) is 7.07. The Balaban J connectivity index is 0.00000103. The minimum absolute atomic E-state index is 0. The summed E-state index contributed by atoms with van der Waals surface area (Å²) in [4.78, 5) is 24.5. The number of benzene rings is 1. The molecular weight excluding hydrogens is 397 g/mol. The minimum atomic E-state index is -0.507. The molecule has 1 aromatic carbocycles. The molecule has 0 saturated carbocycles. The van der Waals surface area contributed by atoms with Gasteiger partial charge in [-0.05, 0) is 49.2 Å². The van der Waals surface area contributed by atoms with Crippen LogP contribution in [0.15, 0.2) is 58.1 Å². The zero-order chi connectivity index (χ0) is 22.4. The number of pyridine rings is 1. The van der Waals surface area contributed by atoms with Gasteiger partial charge in [0.2, 0.25) is 0 Å². The van der Waals surface area contributed by atoms with Crippen LogP contribution >= 0.6 is 0 Å². The molecule has 0 atom stereocenters. The molecule has 164 valence electrons. The van der Waals surface area contributed by atoms with Crippen molar-refractivity contribution in [2.45, 2.75) is 40.5 Å². The smallest absolute Gasteiger partial charge is 0.340 e. The molecule has 0 radical (unpaired) electrons. The molecule has 0 spiro atoms. The molecule has 0 aliphatic rings. The highest BCUT2D eigenvalue weighted by atomic mass is 19.1. The van der Waals surface area contributed by atoms with Gasteiger partial charge in [-0.1, -0.05) is 20.3 Å². The van der Waals surface area contributed by atoms with Crippen molar-refractivity contribution in [3.63, 3.8) is 0 Å². The summed E-state index contributed by atoms with van der Waals surface area (Å²) < 4.78 is 25.4. The Labute approximate surface area is 182 Å². The Hall–Kier alpha value is -3.61. The Bertz CT molecular complexity index is 1250. The summed E-state index contributed by atoms with van der Waals surface area (Å²) in [5.41, 5.74) is 1.73. The monoisotopic (exact) mass is 425 g/mol. The molecule has 7 heteroatoms. The van der Waals surface area contributed by atoms with Crippen LogP contribution in [0.1, 0.15) is 45.5 Å². The molecule has 0 unspecified atom stereocenters. The molecule has 4 rings (SSSR count). The third kappa shape index (κ3) is 5.12. The predicted octanol–water partition coefficient (Wildman–Crippen LogP) is 6.03. The average Bonchev–Trinajstić information content (AvgIpc) is 2.75. The van der Waals surface area contributed by atoms with Gasteiger partial charge in [0, 0.05) is 44.9 Å². The van der Waals surface area contributed by atoms with Crippen molar-refractivity contribution < 1.29 is 16.4 Å². The lowest BCUT2D eigenvalue weighted by Crippen LogP contribution is -2.12. The molecular formula is C24H28FN3O3. The van der Waals surface area contributed by atoms with E-state index in [-0.39, 0.29) is 15.3 Å². The van der Waals surface area contributed by atoms with Crippen LogP contribution < -0.4 is 10.4 Å². The first kappa shape index (κ1) is 22.1. The fraction of sp³-hybridized carbons (Fsp3) is 0.250. The van der Waals surface area contributed by atoms with E-state index in [0.29, 0.717) is 28.2 Å². The number of aromatic nitrogens is 3. The number of halogens is 1. The van der Waals surface area contributed by atoms with E-state index in [1.807, 2.05) is 6.92 Å². The van der Waals surface area contributed by atoms with Gasteiger partial charge in [-0.15, -0.1) is 0 Å². The van der Waals surface area contributed by atoms with E-state index in [4.69, 9.17) is 9.15 Å². The molecule has 3 heterocycles. The fourth-order valence-corrected chi connectivity index (χ4v) is 3.01. The number of aryl methyl sites for hydroxylation is 2. The number of rotatable bonds is 4. The van der Waals surface area contributed by atoms with Gasteiger partial charge in [0.05, 0.1) is 5.69 Å². The van der Waals surface area contributed by atoms with Crippen molar-refractivity contribution in [2.75, 3.05) is 0 Å². The summed E-state index contributed by atoms with van der Waals surface area (Å²) in [6.07, 6.45) is 6.05. The maximum atomic E-state index is 14.3. The van der Waals surface area contributed by atoms with Gasteiger partial charge in [-0.3, -0.25) is 4.98 Å². The van der Waals surface area contributed by atoms with Crippen LogP contribution in [0.3, 0.4) is 0 Å². The summed E-state index contributed by atoms with van der Waals surface area (Å²) in [5.74, 6) is 0.0396. The van der Waals surface area contributed by atoms with E-state index in [1.165, 1.54) is 12.6 Å². The summed E-state index contributed by atoms with van der Waals surface area (Å²) in [6.45, 7) is 7.66. The molecule has 0 aliphatic heterocycles. The molecule has 31 heavy (non-hydrogen) atoms. The highest BCUT2D eigenvalue weighted by Gasteiger charge is 2.16. The van der Waals surface area contributed by atoms with Crippen molar-refractivity contribution in [3.8, 4) is 11.8 Å². The summed E-state index contributed by atoms with van der Waals surface area (Å²) in [6, 6.07) is 8.60. The quantitative estimate of drug-likeness (QED) is 0.372. The molecule has 0 fully saturated rings. The van der Waals surface area contributed by atoms with E-state index in [2.05, 4.69) is 28.8 Å². The summed E-state index contributed by atoms with van der Waals surface area (Å²) >= 11 is 0. The maximum Gasteiger partial charge on any atom is 0.340 e. The zero-order valence-electron chi connectivity index (χ0n) is 18.0. The second-order valence-electron chi connectivity index (χ2n) is 7.04. The minimum Gasteiger partial charge on any atom is -0.424 e. The highest BCUT2D eigenvalue weighted by Crippen LogP contribution is 2.27. The molecule has 0 amide bonds. The predicted molar refractivity (Wildman–Crippen MR) is 121 cm³/mol. The lowest BCUT2D eigenvalue weighted by atomic mass is 9.99. The number of ether oxygens (including phenoxy) is 1. The van der Waals surface area contributed by atoms with Crippen LogP contribution in [0.4, 0.5) is 4.39 Å². The molecule has 6 nitrogen and oxygen atoms in total. The third-order valence-corrected chi connectivity index (χ3v) is 4.52. The largest absolute Gasteiger partial charge is 0.424 e. The van der Waals surface area contributed by atoms with Crippen LogP contribution in [0.2, 0.25) is 0 Å². The second kappa shape index (κ2) is 9.93. The molecule has 0 bridgehead atoms. The van der Waals surface area contributed by atoms with Gasteiger partial charge >= 0.3 is 11.6 Å². The van der Waals surface area contributed by atoms with Crippen molar-refractivity contribution in [1.29, 1.82) is 0 Å². The van der Waals surface area contributed by atoms with E-state index < -0.39 is 11.4 Å². The van der Waals surface area contributed by atoms with Gasteiger partial charge in [-0.2, -0.15) is 0 Å². The van der Waals surface area contributed by atoms with Crippen molar-refractivity contribution in [3.05, 3.63) is 87.5 Å². The van der Waals surface area contributed by atoms with Gasteiger partial charge < -0.3 is 9.15 Å². The molecule has 3 aromatic heterocycles. The van der Waals surface area contributed by atoms with E-state index in [1.54, 1.807) is 49.6 Å². The molecule has 0 aliphatic carbocycles. The van der Waals surface area contributed by atoms with Gasteiger partial charge in [0.1, 0.15) is 17.1 Å². The van der Waals surface area contributed by atoms with E-state index >= 15 is 0 Å². The van der Waals surface area contributed by atoms with Crippen molar-refractivity contribution in [2.24, 2.45) is 0 Å². The Morgan fingerprint density at radius 2 is 1.77 bits per heavy atom. The summed E-state index contributed by atoms with van der Waals surface area (Å²) in [7, 11) is 0. The lowest BCUT2D eigenvalue weighted by molar-refractivity contribution is 0.440. The molecule has 4 aromatic rings. The SMILES string of the molecule is CCC.Cc1nccc(Cc2c(C)c3ccc(Oc4ncccn4)cc3oc2=O)c1F.[HH].[HH]. The first-order valence-electron chi connectivity index (χ1n) is 10.1. The first-order chi connectivity index (χ1) is 14.9. The standard InChI is InChI=1S/C21H16FN3O3.C3H8.2H2/c1-12-16-5-4-15(27-21-24-7-3-8-25-21)11-18(16)28-20(26)17(12)10-14-6-9-23-13(2)19(14)22;1-3-2;;/h3-9,11H,10H2,1-2H3;3H2,1-2H3;2*1H. The van der Waals surface area contributed by atoms with Crippen LogP contribution in [0.25, 0.3) is 11.0 Å². The van der Waals surface area contributed by atoms with E-state index in [9.17, 15) is 9.18 Å².